The van der Waals surface area contributed by atoms with E-state index in [0.29, 0.717) is 5.69 Å². The van der Waals surface area contributed by atoms with Gasteiger partial charge in [0, 0.05) is 30.4 Å². The smallest absolute Gasteiger partial charge is 0.274 e. The van der Waals surface area contributed by atoms with E-state index >= 15 is 0 Å². The van der Waals surface area contributed by atoms with Gasteiger partial charge in [-0.2, -0.15) is 0 Å². The Kier molecular flexibility index (Phi) is 4.46. The van der Waals surface area contributed by atoms with E-state index in [0.717, 1.165) is 31.2 Å². The third-order valence-corrected chi connectivity index (χ3v) is 5.38. The topological polar surface area (TPSA) is 68.2 Å². The molecule has 0 bridgehead atoms. The van der Waals surface area contributed by atoms with Crippen LogP contribution in [-0.2, 0) is 4.84 Å². The highest BCUT2D eigenvalue weighted by Gasteiger charge is 2.19. The van der Waals surface area contributed by atoms with Gasteiger partial charge in [-0.15, -0.1) is 22.7 Å². The van der Waals surface area contributed by atoms with Gasteiger partial charge in [-0.25, -0.2) is 15.0 Å². The fourth-order valence-electron chi connectivity index (χ4n) is 1.93. The summed E-state index contributed by atoms with van der Waals surface area (Å²) in [6.07, 6.45) is 3.52. The van der Waals surface area contributed by atoms with Crippen molar-refractivity contribution in [2.45, 2.75) is 6.92 Å². The summed E-state index contributed by atoms with van der Waals surface area (Å²) in [6.45, 7) is 1.94. The van der Waals surface area contributed by atoms with Crippen LogP contribution in [0.15, 0.2) is 29.9 Å². The molecule has 0 spiro atoms. The van der Waals surface area contributed by atoms with E-state index in [2.05, 4.69) is 15.0 Å². The van der Waals surface area contributed by atoms with Crippen LogP contribution in [0.3, 0.4) is 0 Å². The van der Waals surface area contributed by atoms with Crippen LogP contribution >= 0.6 is 22.7 Å². The molecule has 3 rings (SSSR count). The zero-order valence-corrected chi connectivity index (χ0v) is 14.4. The van der Waals surface area contributed by atoms with E-state index in [1.807, 2.05) is 19.1 Å². The standard InChI is InChI=1S/C15H14N4O2S2/c1-9-12(23-13(17-9)10-5-4-6-16-7-10)14-18-11(8-22-14)15(20)19(2)21-3/h4-8H,1-3H3. The van der Waals surface area contributed by atoms with Crippen LogP contribution in [0.5, 0.6) is 0 Å². The second kappa shape index (κ2) is 6.53. The van der Waals surface area contributed by atoms with Crippen molar-refractivity contribution in [1.29, 1.82) is 0 Å². The lowest BCUT2D eigenvalue weighted by molar-refractivity contribution is -0.0760. The van der Waals surface area contributed by atoms with Gasteiger partial charge in [-0.1, -0.05) is 0 Å². The number of thiazole rings is 2. The molecule has 3 aromatic rings. The van der Waals surface area contributed by atoms with Gasteiger partial charge in [-0.05, 0) is 19.1 Å². The van der Waals surface area contributed by atoms with Crippen molar-refractivity contribution in [3.63, 3.8) is 0 Å². The largest absolute Gasteiger partial charge is 0.296 e. The zero-order chi connectivity index (χ0) is 16.4. The molecule has 0 aromatic carbocycles. The van der Waals surface area contributed by atoms with Crippen molar-refractivity contribution < 1.29 is 9.63 Å². The summed E-state index contributed by atoms with van der Waals surface area (Å²) in [4.78, 5) is 31.0. The van der Waals surface area contributed by atoms with Gasteiger partial charge >= 0.3 is 0 Å². The van der Waals surface area contributed by atoms with Crippen molar-refractivity contribution in [1.82, 2.24) is 20.0 Å². The van der Waals surface area contributed by atoms with Crippen molar-refractivity contribution in [3.05, 3.63) is 41.3 Å². The molecular formula is C15H14N4O2S2. The van der Waals surface area contributed by atoms with Gasteiger partial charge in [0.05, 0.1) is 17.7 Å². The number of nitrogens with zero attached hydrogens (tertiary/aromatic N) is 4. The Morgan fingerprint density at radius 3 is 2.83 bits per heavy atom. The normalized spacial score (nSPS) is 10.7. The molecule has 23 heavy (non-hydrogen) atoms. The average molecular weight is 346 g/mol. The molecule has 0 aliphatic carbocycles. The van der Waals surface area contributed by atoms with Gasteiger partial charge in [0.25, 0.3) is 5.91 Å². The number of aryl methyl sites for hydroxylation is 1. The molecule has 0 unspecified atom stereocenters. The third-order valence-electron chi connectivity index (χ3n) is 3.18. The van der Waals surface area contributed by atoms with Crippen molar-refractivity contribution in [2.75, 3.05) is 14.2 Å². The van der Waals surface area contributed by atoms with Crippen molar-refractivity contribution in [3.8, 4) is 20.5 Å². The van der Waals surface area contributed by atoms with E-state index in [9.17, 15) is 4.79 Å². The van der Waals surface area contributed by atoms with E-state index in [-0.39, 0.29) is 5.91 Å². The molecular weight excluding hydrogens is 332 g/mol. The molecule has 0 aliphatic heterocycles. The van der Waals surface area contributed by atoms with E-state index in [4.69, 9.17) is 4.84 Å². The summed E-state index contributed by atoms with van der Waals surface area (Å²) in [5.74, 6) is -0.273. The number of carbonyl (C=O) groups is 1. The summed E-state index contributed by atoms with van der Waals surface area (Å²) in [5.41, 5.74) is 2.23. The maximum atomic E-state index is 12.1. The maximum absolute atomic E-state index is 12.1. The fraction of sp³-hybridized carbons (Fsp3) is 0.200. The summed E-state index contributed by atoms with van der Waals surface area (Å²) in [7, 11) is 3.00. The molecule has 0 atom stereocenters. The first kappa shape index (κ1) is 15.7. The molecule has 3 aromatic heterocycles. The Balaban J connectivity index is 1.93. The molecule has 0 fully saturated rings. The number of pyridine rings is 1. The van der Waals surface area contributed by atoms with Crippen LogP contribution in [0.1, 0.15) is 16.2 Å². The SMILES string of the molecule is CON(C)C(=O)c1csc(-c2sc(-c3cccnc3)nc2C)n1. The van der Waals surface area contributed by atoms with Gasteiger partial charge in [-0.3, -0.25) is 14.6 Å². The van der Waals surface area contributed by atoms with Gasteiger partial charge < -0.3 is 0 Å². The summed E-state index contributed by atoms with van der Waals surface area (Å²) < 4.78 is 0. The minimum absolute atomic E-state index is 0.273. The van der Waals surface area contributed by atoms with Crippen LogP contribution in [0.2, 0.25) is 0 Å². The number of aromatic nitrogens is 3. The number of amides is 1. The minimum atomic E-state index is -0.273. The molecule has 0 N–H and O–H groups in total. The van der Waals surface area contributed by atoms with Crippen LogP contribution in [0.4, 0.5) is 0 Å². The van der Waals surface area contributed by atoms with Crippen molar-refractivity contribution >= 4 is 28.6 Å². The van der Waals surface area contributed by atoms with Crippen LogP contribution in [0, 0.1) is 6.92 Å². The van der Waals surface area contributed by atoms with E-state index in [1.54, 1.807) is 36.2 Å². The molecule has 118 valence electrons. The molecule has 0 radical (unpaired) electrons. The first-order chi connectivity index (χ1) is 11.1. The number of hydroxylamine groups is 2. The Hall–Kier alpha value is -2.16. The second-order valence-electron chi connectivity index (χ2n) is 4.70. The summed E-state index contributed by atoms with van der Waals surface area (Å²) >= 11 is 2.97. The number of rotatable bonds is 4. The zero-order valence-electron chi connectivity index (χ0n) is 12.8. The van der Waals surface area contributed by atoms with Crippen molar-refractivity contribution in [2.24, 2.45) is 0 Å². The molecule has 0 aliphatic rings. The second-order valence-corrected chi connectivity index (χ2v) is 6.56. The lowest BCUT2D eigenvalue weighted by Crippen LogP contribution is -2.25. The van der Waals surface area contributed by atoms with E-state index < -0.39 is 0 Å². The van der Waals surface area contributed by atoms with Crippen LogP contribution in [0.25, 0.3) is 20.5 Å². The van der Waals surface area contributed by atoms with Gasteiger partial charge in [0.2, 0.25) is 0 Å². The minimum Gasteiger partial charge on any atom is -0.274 e. The number of hydrogen-bond donors (Lipinski definition) is 0. The maximum Gasteiger partial charge on any atom is 0.296 e. The molecule has 0 saturated carbocycles. The quantitative estimate of drug-likeness (QED) is 0.678. The molecule has 0 saturated heterocycles. The molecule has 8 heteroatoms. The van der Waals surface area contributed by atoms with Gasteiger partial charge in [0.1, 0.15) is 15.7 Å². The first-order valence-corrected chi connectivity index (χ1v) is 8.45. The summed E-state index contributed by atoms with van der Waals surface area (Å²) in [6, 6.07) is 3.85. The molecule has 6 nitrogen and oxygen atoms in total. The van der Waals surface area contributed by atoms with E-state index in [1.165, 1.54) is 18.4 Å². The molecule has 3 heterocycles. The highest BCUT2D eigenvalue weighted by Crippen LogP contribution is 2.36. The first-order valence-electron chi connectivity index (χ1n) is 6.76. The third kappa shape index (κ3) is 3.14. The Morgan fingerprint density at radius 1 is 1.30 bits per heavy atom. The average Bonchev–Trinajstić information content (AvgIpc) is 3.20. The van der Waals surface area contributed by atoms with Crippen LogP contribution < -0.4 is 0 Å². The summed E-state index contributed by atoms with van der Waals surface area (Å²) in [5, 5.41) is 4.56. The molecule has 1 amide bonds. The Labute approximate surface area is 141 Å². The van der Waals surface area contributed by atoms with Crippen LogP contribution in [-0.4, -0.2) is 40.1 Å². The highest BCUT2D eigenvalue weighted by atomic mass is 32.1. The Bertz CT molecular complexity index is 829. The highest BCUT2D eigenvalue weighted by molar-refractivity contribution is 7.23. The number of hydrogen-bond acceptors (Lipinski definition) is 7. The Morgan fingerprint density at radius 2 is 2.13 bits per heavy atom. The predicted molar refractivity (Wildman–Crippen MR) is 90.3 cm³/mol. The fourth-order valence-corrected chi connectivity index (χ4v) is 3.92. The van der Waals surface area contributed by atoms with Gasteiger partial charge in [0.15, 0.2) is 0 Å². The lowest BCUT2D eigenvalue weighted by atomic mass is 10.3. The monoisotopic (exact) mass is 346 g/mol. The predicted octanol–water partition coefficient (Wildman–Crippen LogP) is 3.27. The lowest BCUT2D eigenvalue weighted by Gasteiger charge is -2.10. The number of carbonyl (C=O) groups excluding carboxylic acids is 1.